The Balaban J connectivity index is 2.09. The van der Waals surface area contributed by atoms with Gasteiger partial charge in [-0.2, -0.15) is 5.10 Å². The average molecular weight is 271 g/mol. The fraction of sp³-hybridized carbons (Fsp3) is 0.400. The highest BCUT2D eigenvalue weighted by Gasteiger charge is 2.22. The molecule has 0 unspecified atom stereocenters. The van der Waals surface area contributed by atoms with E-state index in [0.717, 1.165) is 10.9 Å². The molecule has 2 N–H and O–H groups in total. The third kappa shape index (κ3) is 2.96. The van der Waals surface area contributed by atoms with Crippen LogP contribution in [0.4, 0.5) is 0 Å². The molecule has 0 aromatic carbocycles. The van der Waals surface area contributed by atoms with Crippen molar-refractivity contribution >= 4 is 16.0 Å². The average Bonchev–Trinajstić information content (AvgIpc) is 2.87. The highest BCUT2D eigenvalue weighted by atomic mass is 32.2. The van der Waals surface area contributed by atoms with Crippen molar-refractivity contribution in [2.45, 2.75) is 30.3 Å². The first-order chi connectivity index (χ1) is 8.47. The summed E-state index contributed by atoms with van der Waals surface area (Å²) in [5.74, 6) is -1.07. The summed E-state index contributed by atoms with van der Waals surface area (Å²) < 4.78 is 27.5. The first-order valence-corrected chi connectivity index (χ1v) is 6.87. The molecule has 0 saturated heterocycles. The number of carbonyl (C=O) groups is 1. The molecule has 8 heteroatoms. The lowest BCUT2D eigenvalue weighted by Gasteiger charge is -2.10. The van der Waals surface area contributed by atoms with Gasteiger partial charge in [0, 0.05) is 12.2 Å². The van der Waals surface area contributed by atoms with E-state index in [4.69, 9.17) is 5.11 Å². The Kier molecular flexibility index (Phi) is 3.48. The third-order valence-corrected chi connectivity index (χ3v) is 4.02. The van der Waals surface area contributed by atoms with Crippen LogP contribution in [0, 0.1) is 0 Å². The van der Waals surface area contributed by atoms with Crippen molar-refractivity contribution in [3.8, 4) is 0 Å². The van der Waals surface area contributed by atoms with Crippen LogP contribution in [0.25, 0.3) is 0 Å². The van der Waals surface area contributed by atoms with Gasteiger partial charge in [-0.1, -0.05) is 12.2 Å². The van der Waals surface area contributed by atoms with Gasteiger partial charge in [0.15, 0.2) is 0 Å². The molecule has 0 aliphatic heterocycles. The van der Waals surface area contributed by atoms with Crippen molar-refractivity contribution in [1.29, 1.82) is 0 Å². The summed E-state index contributed by atoms with van der Waals surface area (Å²) in [5.41, 5.74) is 0. The van der Waals surface area contributed by atoms with Crippen LogP contribution in [0.1, 0.15) is 12.8 Å². The van der Waals surface area contributed by atoms with E-state index >= 15 is 0 Å². The number of rotatable bonds is 5. The molecule has 1 heterocycles. The summed E-state index contributed by atoms with van der Waals surface area (Å²) in [6.07, 6.45) is 7.53. The van der Waals surface area contributed by atoms with E-state index < -0.39 is 16.0 Å². The largest absolute Gasteiger partial charge is 0.480 e. The van der Waals surface area contributed by atoms with Crippen LogP contribution in [0.15, 0.2) is 29.4 Å². The van der Waals surface area contributed by atoms with Gasteiger partial charge in [-0.25, -0.2) is 13.1 Å². The van der Waals surface area contributed by atoms with Crippen molar-refractivity contribution in [2.24, 2.45) is 0 Å². The molecular weight excluding hydrogens is 258 g/mol. The van der Waals surface area contributed by atoms with Gasteiger partial charge in [-0.3, -0.25) is 9.48 Å². The van der Waals surface area contributed by atoms with Crippen LogP contribution in [0.3, 0.4) is 0 Å². The van der Waals surface area contributed by atoms with E-state index in [0.29, 0.717) is 12.8 Å². The lowest BCUT2D eigenvalue weighted by atomic mass is 10.3. The summed E-state index contributed by atoms with van der Waals surface area (Å²) >= 11 is 0. The summed E-state index contributed by atoms with van der Waals surface area (Å²) in [6.45, 7) is -0.361. The maximum Gasteiger partial charge on any atom is 0.325 e. The minimum absolute atomic E-state index is 0.0179. The van der Waals surface area contributed by atoms with Crippen molar-refractivity contribution in [3.05, 3.63) is 24.5 Å². The Labute approximate surface area is 104 Å². The SMILES string of the molecule is O=C(O)Cn1cc(S(=O)(=O)NC2CC=CC2)cn1. The Morgan fingerprint density at radius 1 is 1.50 bits per heavy atom. The van der Waals surface area contributed by atoms with Gasteiger partial charge < -0.3 is 5.11 Å². The standard InChI is InChI=1S/C10H13N3O4S/c14-10(15)7-13-6-9(5-11-13)18(16,17)12-8-3-1-2-4-8/h1-2,5-6,8,12H,3-4,7H2,(H,14,15). The summed E-state index contributed by atoms with van der Waals surface area (Å²) in [4.78, 5) is 10.5. The van der Waals surface area contributed by atoms with E-state index in [1.54, 1.807) is 0 Å². The molecule has 1 aliphatic rings. The maximum absolute atomic E-state index is 11.9. The topological polar surface area (TPSA) is 101 Å². The molecule has 0 atom stereocenters. The van der Waals surface area contributed by atoms with Crippen LogP contribution in [-0.2, 0) is 21.4 Å². The Morgan fingerprint density at radius 2 is 2.17 bits per heavy atom. The third-order valence-electron chi connectivity index (χ3n) is 2.55. The van der Waals surface area contributed by atoms with E-state index in [2.05, 4.69) is 9.82 Å². The molecule has 0 saturated carbocycles. The molecule has 1 aromatic heterocycles. The van der Waals surface area contributed by atoms with Crippen molar-refractivity contribution in [1.82, 2.24) is 14.5 Å². The van der Waals surface area contributed by atoms with E-state index in [-0.39, 0.29) is 17.5 Å². The number of nitrogens with zero attached hydrogens (tertiary/aromatic N) is 2. The molecule has 0 spiro atoms. The molecule has 0 radical (unpaired) electrons. The van der Waals surface area contributed by atoms with Gasteiger partial charge in [0.1, 0.15) is 11.4 Å². The fourth-order valence-corrected chi connectivity index (χ4v) is 2.92. The second kappa shape index (κ2) is 4.91. The lowest BCUT2D eigenvalue weighted by Crippen LogP contribution is -2.32. The van der Waals surface area contributed by atoms with Gasteiger partial charge in [-0.05, 0) is 12.8 Å². The van der Waals surface area contributed by atoms with Crippen LogP contribution in [-0.4, -0.2) is 35.3 Å². The number of nitrogens with one attached hydrogen (secondary N) is 1. The predicted octanol–water partition coefficient (Wildman–Crippen LogP) is -0.0354. The first-order valence-electron chi connectivity index (χ1n) is 5.39. The van der Waals surface area contributed by atoms with Gasteiger partial charge in [0.2, 0.25) is 10.0 Å². The highest BCUT2D eigenvalue weighted by molar-refractivity contribution is 7.89. The summed E-state index contributed by atoms with van der Waals surface area (Å²) in [6, 6.07) is -0.127. The van der Waals surface area contributed by atoms with Crippen molar-refractivity contribution in [2.75, 3.05) is 0 Å². The Hall–Kier alpha value is -1.67. The molecule has 2 rings (SSSR count). The zero-order valence-corrected chi connectivity index (χ0v) is 10.3. The molecule has 18 heavy (non-hydrogen) atoms. The van der Waals surface area contributed by atoms with Crippen molar-refractivity contribution in [3.63, 3.8) is 0 Å². The number of carboxylic acid groups (broad SMARTS) is 1. The molecule has 7 nitrogen and oxygen atoms in total. The fourth-order valence-electron chi connectivity index (χ4n) is 1.71. The number of carboxylic acids is 1. The number of aliphatic carboxylic acids is 1. The van der Waals surface area contributed by atoms with Crippen molar-refractivity contribution < 1.29 is 18.3 Å². The van der Waals surface area contributed by atoms with Gasteiger partial charge in [0.05, 0.1) is 6.20 Å². The Morgan fingerprint density at radius 3 is 2.78 bits per heavy atom. The zero-order chi connectivity index (χ0) is 13.2. The van der Waals surface area contributed by atoms with Crippen LogP contribution < -0.4 is 4.72 Å². The van der Waals surface area contributed by atoms with E-state index in [9.17, 15) is 13.2 Å². The van der Waals surface area contributed by atoms with Gasteiger partial charge in [-0.15, -0.1) is 0 Å². The number of aromatic nitrogens is 2. The number of hydrogen-bond donors (Lipinski definition) is 2. The molecule has 1 aromatic rings. The molecule has 1 aliphatic carbocycles. The van der Waals surface area contributed by atoms with Crippen LogP contribution in [0.2, 0.25) is 0 Å². The lowest BCUT2D eigenvalue weighted by molar-refractivity contribution is -0.137. The minimum atomic E-state index is -3.62. The molecule has 98 valence electrons. The number of hydrogen-bond acceptors (Lipinski definition) is 4. The number of sulfonamides is 1. The Bertz CT molecular complexity index is 568. The molecule has 0 bridgehead atoms. The maximum atomic E-state index is 11.9. The summed E-state index contributed by atoms with van der Waals surface area (Å²) in [5, 5.41) is 12.3. The van der Waals surface area contributed by atoms with Crippen LogP contribution >= 0.6 is 0 Å². The molecule has 0 fully saturated rings. The predicted molar refractivity (Wildman–Crippen MR) is 62.3 cm³/mol. The quantitative estimate of drug-likeness (QED) is 0.732. The van der Waals surface area contributed by atoms with Crippen LogP contribution in [0.5, 0.6) is 0 Å². The second-order valence-electron chi connectivity index (χ2n) is 4.03. The minimum Gasteiger partial charge on any atom is -0.480 e. The summed E-state index contributed by atoms with van der Waals surface area (Å²) in [7, 11) is -3.62. The van der Waals surface area contributed by atoms with E-state index in [1.807, 2.05) is 12.2 Å². The second-order valence-corrected chi connectivity index (χ2v) is 5.74. The highest BCUT2D eigenvalue weighted by Crippen LogP contribution is 2.14. The van der Waals surface area contributed by atoms with Gasteiger partial charge >= 0.3 is 5.97 Å². The zero-order valence-electron chi connectivity index (χ0n) is 9.48. The first kappa shape index (κ1) is 12.8. The molecule has 0 amide bonds. The monoisotopic (exact) mass is 271 g/mol. The normalized spacial score (nSPS) is 16.2. The molecular formula is C10H13N3O4S. The van der Waals surface area contributed by atoms with Gasteiger partial charge in [0.25, 0.3) is 0 Å². The van der Waals surface area contributed by atoms with E-state index in [1.165, 1.54) is 6.20 Å². The smallest absolute Gasteiger partial charge is 0.325 e.